The molecule has 6 nitrogen and oxygen atoms in total. The van der Waals surface area contributed by atoms with Crippen LogP contribution >= 0.6 is 0 Å². The molecule has 24 heavy (non-hydrogen) atoms. The topological polar surface area (TPSA) is 87.7 Å². The average molecular weight is 334 g/mol. The van der Waals surface area contributed by atoms with Crippen LogP contribution in [0, 0.1) is 0 Å². The lowest BCUT2D eigenvalue weighted by Crippen LogP contribution is -2.41. The van der Waals surface area contributed by atoms with Crippen LogP contribution in [0.3, 0.4) is 0 Å². The number of urea groups is 1. The molecule has 0 spiro atoms. The zero-order valence-corrected chi connectivity index (χ0v) is 14.3. The molecule has 132 valence electrons. The van der Waals surface area contributed by atoms with E-state index in [9.17, 15) is 14.7 Å². The maximum atomic E-state index is 11.8. The van der Waals surface area contributed by atoms with E-state index in [4.69, 9.17) is 0 Å². The first-order valence-corrected chi connectivity index (χ1v) is 8.36. The van der Waals surface area contributed by atoms with Crippen molar-refractivity contribution in [2.45, 2.75) is 50.5 Å². The normalized spacial score (nSPS) is 16.6. The molecule has 1 aromatic carbocycles. The van der Waals surface area contributed by atoms with Gasteiger partial charge in [-0.05, 0) is 49.3 Å². The summed E-state index contributed by atoms with van der Waals surface area (Å²) >= 11 is 0. The van der Waals surface area contributed by atoms with Crippen molar-refractivity contribution in [3.8, 4) is 0 Å². The van der Waals surface area contributed by atoms with Crippen molar-refractivity contribution >= 4 is 17.7 Å². The summed E-state index contributed by atoms with van der Waals surface area (Å²) in [7, 11) is 1.38. The van der Waals surface area contributed by atoms with Gasteiger partial charge in [-0.3, -0.25) is 4.79 Å². The predicted octanol–water partition coefficient (Wildman–Crippen LogP) is 2.78. The van der Waals surface area contributed by atoms with Crippen LogP contribution in [0.25, 0.3) is 0 Å². The van der Waals surface area contributed by atoms with Gasteiger partial charge < -0.3 is 20.5 Å². The summed E-state index contributed by atoms with van der Waals surface area (Å²) in [6, 6.07) is 7.11. The minimum atomic E-state index is -0.579. The number of esters is 1. The molecule has 0 heterocycles. The molecule has 0 bridgehead atoms. The number of hydrogen-bond donors (Lipinski definition) is 3. The largest absolute Gasteiger partial charge is 0.469 e. The van der Waals surface area contributed by atoms with Crippen molar-refractivity contribution in [1.82, 2.24) is 5.32 Å². The van der Waals surface area contributed by atoms with Crippen molar-refractivity contribution in [3.05, 3.63) is 29.8 Å². The second kappa shape index (κ2) is 8.15. The molecule has 0 aromatic heterocycles. The zero-order valence-electron chi connectivity index (χ0n) is 14.3. The number of amides is 2. The van der Waals surface area contributed by atoms with Crippen molar-refractivity contribution < 1.29 is 19.4 Å². The highest BCUT2D eigenvalue weighted by atomic mass is 16.5. The highest BCUT2D eigenvalue weighted by molar-refractivity contribution is 5.89. The van der Waals surface area contributed by atoms with E-state index in [0.29, 0.717) is 25.1 Å². The number of benzene rings is 1. The first-order chi connectivity index (χ1) is 11.4. The van der Waals surface area contributed by atoms with Crippen LogP contribution in [0.5, 0.6) is 0 Å². The number of carbonyl (C=O) groups excluding carboxylic acids is 2. The fourth-order valence-electron chi connectivity index (χ4n) is 2.77. The fourth-order valence-corrected chi connectivity index (χ4v) is 2.77. The molecule has 0 radical (unpaired) electrons. The van der Waals surface area contributed by atoms with Gasteiger partial charge in [-0.15, -0.1) is 0 Å². The lowest BCUT2D eigenvalue weighted by Gasteiger charge is -2.36. The van der Waals surface area contributed by atoms with Crippen molar-refractivity contribution in [3.63, 3.8) is 0 Å². The summed E-state index contributed by atoms with van der Waals surface area (Å²) in [4.78, 5) is 23.1. The quantitative estimate of drug-likeness (QED) is 0.669. The molecule has 1 atom stereocenters. The van der Waals surface area contributed by atoms with E-state index >= 15 is 0 Å². The maximum absolute atomic E-state index is 11.8. The van der Waals surface area contributed by atoms with Gasteiger partial charge >= 0.3 is 12.0 Å². The number of ether oxygens (including phenoxy) is 1. The number of hydrogen-bond acceptors (Lipinski definition) is 4. The second-order valence-electron chi connectivity index (χ2n) is 6.51. The summed E-state index contributed by atoms with van der Waals surface area (Å²) in [5.74, 6) is -0.180. The Labute approximate surface area is 142 Å². The van der Waals surface area contributed by atoms with Crippen LogP contribution in [0.15, 0.2) is 24.3 Å². The molecule has 1 unspecified atom stereocenters. The van der Waals surface area contributed by atoms with Gasteiger partial charge in [0.1, 0.15) is 0 Å². The van der Waals surface area contributed by atoms with Gasteiger partial charge in [0.15, 0.2) is 0 Å². The van der Waals surface area contributed by atoms with Gasteiger partial charge in [-0.1, -0.05) is 19.1 Å². The van der Waals surface area contributed by atoms with Crippen LogP contribution < -0.4 is 10.6 Å². The van der Waals surface area contributed by atoms with Crippen molar-refractivity contribution in [2.24, 2.45) is 0 Å². The summed E-state index contributed by atoms with van der Waals surface area (Å²) in [6.07, 6.45) is 3.61. The summed E-state index contributed by atoms with van der Waals surface area (Å²) < 4.78 is 4.67. The van der Waals surface area contributed by atoms with Crippen molar-refractivity contribution in [2.75, 3.05) is 19.0 Å². The van der Waals surface area contributed by atoms with Crippen LogP contribution in [-0.2, 0) is 9.53 Å². The van der Waals surface area contributed by atoms with E-state index in [2.05, 4.69) is 15.4 Å². The number of methoxy groups -OCH3 is 1. The van der Waals surface area contributed by atoms with Gasteiger partial charge in [-0.2, -0.15) is 0 Å². The number of aliphatic hydroxyl groups is 1. The third-order valence-electron chi connectivity index (χ3n) is 4.60. The monoisotopic (exact) mass is 334 g/mol. The third-order valence-corrected chi connectivity index (χ3v) is 4.60. The molecule has 2 rings (SSSR count). The molecule has 0 saturated heterocycles. The van der Waals surface area contributed by atoms with E-state index < -0.39 is 5.60 Å². The highest BCUT2D eigenvalue weighted by Crippen LogP contribution is 2.34. The van der Waals surface area contributed by atoms with E-state index in [1.807, 2.05) is 31.2 Å². The van der Waals surface area contributed by atoms with Crippen LogP contribution in [0.1, 0.15) is 50.5 Å². The molecular weight excluding hydrogens is 308 g/mol. The summed E-state index contributed by atoms with van der Waals surface area (Å²) in [5, 5.41) is 15.5. The Morgan fingerprint density at radius 1 is 1.29 bits per heavy atom. The Morgan fingerprint density at radius 3 is 2.50 bits per heavy atom. The van der Waals surface area contributed by atoms with Gasteiger partial charge in [0.2, 0.25) is 0 Å². The number of nitrogens with one attached hydrogen (secondary N) is 2. The first-order valence-electron chi connectivity index (χ1n) is 8.36. The molecule has 3 N–H and O–H groups in total. The molecule has 2 amide bonds. The average Bonchev–Trinajstić information content (AvgIpc) is 2.53. The molecule has 1 aromatic rings. The summed E-state index contributed by atoms with van der Waals surface area (Å²) in [6.45, 7) is 2.41. The molecule has 1 saturated carbocycles. The Hall–Kier alpha value is -2.08. The second-order valence-corrected chi connectivity index (χ2v) is 6.51. The number of carbonyl (C=O) groups is 2. The Balaban J connectivity index is 1.76. The van der Waals surface area contributed by atoms with Crippen molar-refractivity contribution in [1.29, 1.82) is 0 Å². The Kier molecular flexibility index (Phi) is 6.20. The lowest BCUT2D eigenvalue weighted by atomic mass is 9.78. The minimum absolute atomic E-state index is 0.0588. The Morgan fingerprint density at radius 2 is 1.96 bits per heavy atom. The van der Waals surface area contributed by atoms with Gasteiger partial charge in [0.05, 0.1) is 19.1 Å². The fraction of sp³-hybridized carbons (Fsp3) is 0.556. The minimum Gasteiger partial charge on any atom is -0.469 e. The van der Waals surface area contributed by atoms with Gasteiger partial charge in [0, 0.05) is 12.2 Å². The third kappa shape index (κ3) is 5.23. The smallest absolute Gasteiger partial charge is 0.319 e. The predicted molar refractivity (Wildman–Crippen MR) is 91.9 cm³/mol. The van der Waals surface area contributed by atoms with Crippen LogP contribution in [0.4, 0.5) is 10.5 Å². The van der Waals surface area contributed by atoms with E-state index in [1.54, 1.807) is 0 Å². The standard InChI is InChI=1S/C18H26N2O4/c1-13(12-16(21)24-2)14-4-6-15(7-5-14)20-17(22)19-11-10-18(23)8-3-9-18/h4-7,13,23H,3,8-12H2,1-2H3,(H2,19,20,22). The van der Waals surface area contributed by atoms with E-state index in [0.717, 1.165) is 24.8 Å². The van der Waals surface area contributed by atoms with Gasteiger partial charge in [0.25, 0.3) is 0 Å². The van der Waals surface area contributed by atoms with Crippen LogP contribution in [-0.4, -0.2) is 36.4 Å². The van der Waals surface area contributed by atoms with E-state index in [1.165, 1.54) is 7.11 Å². The lowest BCUT2D eigenvalue weighted by molar-refractivity contribution is -0.140. The molecule has 1 fully saturated rings. The number of rotatable bonds is 7. The first kappa shape index (κ1) is 18.3. The maximum Gasteiger partial charge on any atom is 0.319 e. The molecular formula is C18H26N2O4. The molecule has 6 heteroatoms. The SMILES string of the molecule is COC(=O)CC(C)c1ccc(NC(=O)NCCC2(O)CCC2)cc1. The van der Waals surface area contributed by atoms with E-state index in [-0.39, 0.29) is 17.9 Å². The molecule has 1 aliphatic rings. The molecule has 1 aliphatic carbocycles. The molecule has 0 aliphatic heterocycles. The highest BCUT2D eigenvalue weighted by Gasteiger charge is 2.33. The Bertz CT molecular complexity index is 567. The zero-order chi connectivity index (χ0) is 17.6. The summed E-state index contributed by atoms with van der Waals surface area (Å²) in [5.41, 5.74) is 1.12. The number of anilines is 1. The van der Waals surface area contributed by atoms with Gasteiger partial charge in [-0.25, -0.2) is 4.79 Å². The van der Waals surface area contributed by atoms with Crippen LogP contribution in [0.2, 0.25) is 0 Å².